The first-order valence-electron chi connectivity index (χ1n) is 2.22. The maximum atomic E-state index is 11.8. The Kier molecular flexibility index (Phi) is 3.93. The zero-order chi connectivity index (χ0) is 7.44. The highest BCUT2D eigenvalue weighted by molar-refractivity contribution is 6.18. The fourth-order valence-electron chi connectivity index (χ4n) is 0.243. The standard InChI is InChI=1S/C4H5ClF4/c5-1-2(6)3(7)4(8)9/h2-4H,1H2. The predicted molar refractivity (Wildman–Crippen MR) is 26.5 cm³/mol. The van der Waals surface area contributed by atoms with Crippen LogP contribution >= 0.6 is 11.6 Å². The molecule has 0 aliphatic heterocycles. The van der Waals surface area contributed by atoms with Crippen LogP contribution in [0.4, 0.5) is 17.6 Å². The number of halogens is 5. The molecule has 0 fully saturated rings. The van der Waals surface area contributed by atoms with Crippen LogP contribution in [0.2, 0.25) is 0 Å². The molecule has 0 N–H and O–H groups in total. The first-order chi connectivity index (χ1) is 4.09. The van der Waals surface area contributed by atoms with Crippen molar-refractivity contribution in [3.05, 3.63) is 0 Å². The molecule has 5 heteroatoms. The average molecular weight is 165 g/mol. The van der Waals surface area contributed by atoms with Crippen LogP contribution in [0, 0.1) is 0 Å². The summed E-state index contributed by atoms with van der Waals surface area (Å²) in [6, 6.07) is 0. The van der Waals surface area contributed by atoms with E-state index in [1.165, 1.54) is 0 Å². The number of rotatable bonds is 3. The van der Waals surface area contributed by atoms with Crippen molar-refractivity contribution in [2.24, 2.45) is 0 Å². The van der Waals surface area contributed by atoms with Crippen molar-refractivity contribution in [1.29, 1.82) is 0 Å². The first kappa shape index (κ1) is 9.01. The van der Waals surface area contributed by atoms with Crippen LogP contribution in [0.25, 0.3) is 0 Å². The van der Waals surface area contributed by atoms with Gasteiger partial charge in [0.2, 0.25) is 0 Å². The highest BCUT2D eigenvalue weighted by Crippen LogP contribution is 2.13. The maximum Gasteiger partial charge on any atom is 0.272 e. The lowest BCUT2D eigenvalue weighted by Crippen LogP contribution is -2.26. The second-order valence-corrected chi connectivity index (χ2v) is 1.76. The lowest BCUT2D eigenvalue weighted by Gasteiger charge is -2.07. The van der Waals surface area contributed by atoms with E-state index >= 15 is 0 Å². The summed E-state index contributed by atoms with van der Waals surface area (Å²) in [7, 11) is 0. The van der Waals surface area contributed by atoms with Gasteiger partial charge in [0.25, 0.3) is 6.43 Å². The molecule has 0 rings (SSSR count). The third-order valence-corrected chi connectivity index (χ3v) is 1.03. The largest absolute Gasteiger partial charge is 0.272 e. The monoisotopic (exact) mass is 164 g/mol. The van der Waals surface area contributed by atoms with Gasteiger partial charge in [-0.2, -0.15) is 0 Å². The summed E-state index contributed by atoms with van der Waals surface area (Å²) in [4.78, 5) is 0. The van der Waals surface area contributed by atoms with Gasteiger partial charge in [0.1, 0.15) is 0 Å². The molecule has 0 aliphatic rings. The smallest absolute Gasteiger partial charge is 0.243 e. The van der Waals surface area contributed by atoms with Crippen LogP contribution in [0.5, 0.6) is 0 Å². The molecule has 0 heterocycles. The van der Waals surface area contributed by atoms with Crippen molar-refractivity contribution in [2.45, 2.75) is 18.8 Å². The highest BCUT2D eigenvalue weighted by Gasteiger charge is 2.28. The Morgan fingerprint density at radius 3 is 1.67 bits per heavy atom. The SMILES string of the molecule is FC(F)C(F)C(F)CCl. The van der Waals surface area contributed by atoms with Gasteiger partial charge in [-0.1, -0.05) is 0 Å². The fourth-order valence-corrected chi connectivity index (χ4v) is 0.413. The summed E-state index contributed by atoms with van der Waals surface area (Å²) in [5, 5.41) is 0. The summed E-state index contributed by atoms with van der Waals surface area (Å²) in [6.45, 7) is 0. The highest BCUT2D eigenvalue weighted by atomic mass is 35.5. The van der Waals surface area contributed by atoms with E-state index in [0.29, 0.717) is 0 Å². The minimum Gasteiger partial charge on any atom is -0.243 e. The lowest BCUT2D eigenvalue weighted by atomic mass is 10.3. The minimum atomic E-state index is -3.28. The molecule has 0 radical (unpaired) electrons. The van der Waals surface area contributed by atoms with Crippen molar-refractivity contribution in [1.82, 2.24) is 0 Å². The molecular weight excluding hydrogens is 159 g/mol. The molecule has 0 spiro atoms. The molecule has 0 amide bonds. The molecule has 0 aromatic carbocycles. The van der Waals surface area contributed by atoms with E-state index in [-0.39, 0.29) is 0 Å². The molecular formula is C4H5ClF4. The van der Waals surface area contributed by atoms with Gasteiger partial charge in [-0.05, 0) is 0 Å². The van der Waals surface area contributed by atoms with Crippen LogP contribution in [-0.4, -0.2) is 24.6 Å². The zero-order valence-corrected chi connectivity index (χ0v) is 5.08. The van der Waals surface area contributed by atoms with Gasteiger partial charge in [0, 0.05) is 0 Å². The predicted octanol–water partition coefficient (Wildman–Crippen LogP) is 2.17. The van der Waals surface area contributed by atoms with Gasteiger partial charge in [0.05, 0.1) is 5.88 Å². The molecule has 0 aromatic heterocycles. The van der Waals surface area contributed by atoms with E-state index < -0.39 is 24.6 Å². The van der Waals surface area contributed by atoms with Gasteiger partial charge in [-0.25, -0.2) is 17.6 Å². The van der Waals surface area contributed by atoms with E-state index in [9.17, 15) is 17.6 Å². The summed E-state index contributed by atoms with van der Waals surface area (Å²) >= 11 is 4.74. The van der Waals surface area contributed by atoms with E-state index in [0.717, 1.165) is 0 Å². The second kappa shape index (κ2) is 3.93. The summed E-state index contributed by atoms with van der Waals surface area (Å²) in [5.74, 6) is -0.731. The molecule has 2 unspecified atom stereocenters. The number of hydrogen-bond donors (Lipinski definition) is 0. The Labute approximate surface area is 54.8 Å². The number of hydrogen-bond acceptors (Lipinski definition) is 0. The van der Waals surface area contributed by atoms with Crippen molar-refractivity contribution in [3.8, 4) is 0 Å². The van der Waals surface area contributed by atoms with Crippen molar-refractivity contribution in [2.75, 3.05) is 5.88 Å². The lowest BCUT2D eigenvalue weighted by molar-refractivity contribution is 0.0103. The minimum absolute atomic E-state index is 0.731. The van der Waals surface area contributed by atoms with Gasteiger partial charge >= 0.3 is 0 Å². The molecule has 0 saturated carbocycles. The topological polar surface area (TPSA) is 0 Å². The molecule has 0 bridgehead atoms. The molecule has 56 valence electrons. The molecule has 0 saturated heterocycles. The van der Waals surface area contributed by atoms with Crippen LogP contribution in [0.15, 0.2) is 0 Å². The summed E-state index contributed by atoms with van der Waals surface area (Å²) < 4.78 is 45.9. The van der Waals surface area contributed by atoms with Crippen molar-refractivity contribution in [3.63, 3.8) is 0 Å². The van der Waals surface area contributed by atoms with Crippen LogP contribution in [0.1, 0.15) is 0 Å². The average Bonchev–Trinajstić information content (AvgIpc) is 1.84. The summed E-state index contributed by atoms with van der Waals surface area (Å²) in [6.07, 6.45) is -8.28. The van der Waals surface area contributed by atoms with Crippen LogP contribution in [0.3, 0.4) is 0 Å². The van der Waals surface area contributed by atoms with Gasteiger partial charge in [-0.15, -0.1) is 11.6 Å². The van der Waals surface area contributed by atoms with Crippen LogP contribution in [-0.2, 0) is 0 Å². The number of alkyl halides is 5. The molecule has 0 aromatic rings. The third kappa shape index (κ3) is 2.89. The normalized spacial score (nSPS) is 18.0. The summed E-state index contributed by atoms with van der Waals surface area (Å²) in [5.41, 5.74) is 0. The zero-order valence-electron chi connectivity index (χ0n) is 4.33. The maximum absolute atomic E-state index is 11.8. The van der Waals surface area contributed by atoms with Crippen molar-refractivity contribution < 1.29 is 17.6 Å². The Morgan fingerprint density at radius 2 is 1.56 bits per heavy atom. The second-order valence-electron chi connectivity index (χ2n) is 1.45. The Bertz CT molecular complexity index is 77.0. The Morgan fingerprint density at radius 1 is 1.11 bits per heavy atom. The van der Waals surface area contributed by atoms with Crippen molar-refractivity contribution >= 4 is 11.6 Å². The fraction of sp³-hybridized carbons (Fsp3) is 1.00. The first-order valence-corrected chi connectivity index (χ1v) is 2.75. The quantitative estimate of drug-likeness (QED) is 0.443. The third-order valence-electron chi connectivity index (χ3n) is 0.734. The molecule has 9 heavy (non-hydrogen) atoms. The van der Waals surface area contributed by atoms with E-state index in [4.69, 9.17) is 11.6 Å². The van der Waals surface area contributed by atoms with Gasteiger partial charge in [-0.3, -0.25) is 0 Å². The molecule has 0 nitrogen and oxygen atoms in total. The Balaban J connectivity index is 3.58. The molecule has 0 aliphatic carbocycles. The Hall–Kier alpha value is 0.01000. The van der Waals surface area contributed by atoms with Crippen LogP contribution < -0.4 is 0 Å². The van der Waals surface area contributed by atoms with E-state index in [1.807, 2.05) is 0 Å². The van der Waals surface area contributed by atoms with E-state index in [1.54, 1.807) is 0 Å². The van der Waals surface area contributed by atoms with Gasteiger partial charge in [0.15, 0.2) is 12.3 Å². The molecule has 2 atom stereocenters. The van der Waals surface area contributed by atoms with E-state index in [2.05, 4.69) is 0 Å². The van der Waals surface area contributed by atoms with Gasteiger partial charge < -0.3 is 0 Å².